The number of sulfonamides is 1. The summed E-state index contributed by atoms with van der Waals surface area (Å²) in [5, 5.41) is 5.21. The van der Waals surface area contributed by atoms with Gasteiger partial charge in [-0.05, 0) is 12.8 Å². The number of methoxy groups -OCH3 is 2. The molecule has 0 saturated heterocycles. The molecule has 0 radical (unpaired) electrons. The van der Waals surface area contributed by atoms with Gasteiger partial charge in [0.25, 0.3) is 0 Å². The summed E-state index contributed by atoms with van der Waals surface area (Å²) in [6.07, 6.45) is 1.56. The minimum Gasteiger partial charge on any atom is -0.469 e. The van der Waals surface area contributed by atoms with Gasteiger partial charge >= 0.3 is 12.0 Å². The molecule has 112 valence electrons. The van der Waals surface area contributed by atoms with Gasteiger partial charge in [-0.1, -0.05) is 6.42 Å². The first-order chi connectivity index (χ1) is 9.47. The molecule has 1 aliphatic rings. The number of hydrogen-bond acceptors (Lipinski definition) is 7. The largest absolute Gasteiger partial charge is 0.469 e. The predicted octanol–water partition coefficient (Wildman–Crippen LogP) is -0.103. The molecule has 1 aliphatic carbocycles. The first kappa shape index (κ1) is 14.6. The van der Waals surface area contributed by atoms with E-state index in [-0.39, 0.29) is 12.0 Å². The monoisotopic (exact) mass is 304 g/mol. The second-order valence-electron chi connectivity index (χ2n) is 4.42. The van der Waals surface area contributed by atoms with E-state index in [1.165, 1.54) is 14.2 Å². The fraction of sp³-hybridized carbons (Fsp3) is 0.700. The molecular weight excluding hydrogens is 288 g/mol. The third kappa shape index (κ3) is 2.84. The van der Waals surface area contributed by atoms with Gasteiger partial charge in [-0.15, -0.1) is 5.10 Å². The number of hydrogen-bond donors (Lipinski definition) is 2. The minimum atomic E-state index is -3.75. The van der Waals surface area contributed by atoms with Crippen LogP contribution in [0.3, 0.4) is 0 Å². The minimum absolute atomic E-state index is 0.0265. The molecule has 2 N–H and O–H groups in total. The lowest BCUT2D eigenvalue weighted by Crippen LogP contribution is -2.35. The topological polar surface area (TPSA) is 123 Å². The van der Waals surface area contributed by atoms with E-state index in [0.717, 1.165) is 0 Å². The van der Waals surface area contributed by atoms with Gasteiger partial charge in [-0.25, -0.2) is 13.5 Å². The molecule has 2 rings (SSSR count). The van der Waals surface area contributed by atoms with Gasteiger partial charge in [0, 0.05) is 0 Å². The second-order valence-corrected chi connectivity index (χ2v) is 6.32. The SMILES string of the molecule is COC(=O)C1CCCC1S(=O)(=O)Nc1nc(OC)n[nH]1. The highest BCUT2D eigenvalue weighted by molar-refractivity contribution is 7.93. The van der Waals surface area contributed by atoms with Crippen LogP contribution in [0.25, 0.3) is 0 Å². The average molecular weight is 304 g/mol. The van der Waals surface area contributed by atoms with Crippen LogP contribution in [0.15, 0.2) is 0 Å². The molecule has 1 saturated carbocycles. The molecule has 0 aromatic carbocycles. The normalized spacial score (nSPS) is 22.5. The first-order valence-corrected chi connectivity index (χ1v) is 7.58. The number of nitrogens with zero attached hydrogens (tertiary/aromatic N) is 2. The molecule has 2 atom stereocenters. The average Bonchev–Trinajstić information content (AvgIpc) is 3.05. The van der Waals surface area contributed by atoms with Gasteiger partial charge in [0.1, 0.15) is 0 Å². The number of H-pyrrole nitrogens is 1. The number of carbonyl (C=O) groups is 1. The zero-order chi connectivity index (χ0) is 14.8. The Labute approximate surface area is 116 Å². The number of carbonyl (C=O) groups excluding carboxylic acids is 1. The van der Waals surface area contributed by atoms with Gasteiger partial charge in [0.15, 0.2) is 0 Å². The van der Waals surface area contributed by atoms with E-state index in [9.17, 15) is 13.2 Å². The summed E-state index contributed by atoms with van der Waals surface area (Å²) < 4.78 is 36.2. The summed E-state index contributed by atoms with van der Waals surface area (Å²) in [6, 6.07) is 0.0265. The standard InChI is InChI=1S/C10H16N4O5S/c1-18-8(15)6-4-3-5-7(6)20(16,17)14-9-11-10(19-2)13-12-9/h6-7H,3-5H2,1-2H3,(H2,11,12,13,14). The number of nitrogens with one attached hydrogen (secondary N) is 2. The number of esters is 1. The van der Waals surface area contributed by atoms with Crippen LogP contribution in [-0.2, 0) is 19.6 Å². The lowest BCUT2D eigenvalue weighted by molar-refractivity contribution is -0.145. The van der Waals surface area contributed by atoms with Gasteiger partial charge in [0.05, 0.1) is 25.4 Å². The number of anilines is 1. The Balaban J connectivity index is 2.15. The zero-order valence-corrected chi connectivity index (χ0v) is 11.9. The summed E-state index contributed by atoms with van der Waals surface area (Å²) >= 11 is 0. The van der Waals surface area contributed by atoms with E-state index in [1.54, 1.807) is 0 Å². The van der Waals surface area contributed by atoms with Gasteiger partial charge in [0.2, 0.25) is 16.0 Å². The Hall–Kier alpha value is -1.84. The summed E-state index contributed by atoms with van der Waals surface area (Å²) in [6.45, 7) is 0. The van der Waals surface area contributed by atoms with Crippen molar-refractivity contribution in [2.75, 3.05) is 18.9 Å². The molecule has 1 aromatic heterocycles. The van der Waals surface area contributed by atoms with E-state index < -0.39 is 27.2 Å². The molecule has 1 heterocycles. The summed E-state index contributed by atoms with van der Waals surface area (Å²) in [7, 11) is -1.14. The van der Waals surface area contributed by atoms with E-state index in [2.05, 4.69) is 24.6 Å². The van der Waals surface area contributed by atoms with Crippen LogP contribution in [0, 0.1) is 5.92 Å². The van der Waals surface area contributed by atoms with Crippen molar-refractivity contribution in [3.63, 3.8) is 0 Å². The molecule has 2 unspecified atom stereocenters. The van der Waals surface area contributed by atoms with Crippen LogP contribution in [0.5, 0.6) is 6.01 Å². The summed E-state index contributed by atoms with van der Waals surface area (Å²) in [4.78, 5) is 15.4. The van der Waals surface area contributed by atoms with E-state index >= 15 is 0 Å². The lowest BCUT2D eigenvalue weighted by Gasteiger charge is -2.17. The molecule has 0 aliphatic heterocycles. The van der Waals surface area contributed by atoms with Crippen LogP contribution < -0.4 is 9.46 Å². The maximum Gasteiger partial charge on any atom is 0.336 e. The third-order valence-electron chi connectivity index (χ3n) is 3.24. The molecule has 1 aromatic rings. The van der Waals surface area contributed by atoms with Crippen LogP contribution in [0.2, 0.25) is 0 Å². The van der Waals surface area contributed by atoms with Gasteiger partial charge in [-0.2, -0.15) is 4.98 Å². The Morgan fingerprint density at radius 3 is 2.75 bits per heavy atom. The molecule has 20 heavy (non-hydrogen) atoms. The number of rotatable bonds is 5. The number of aromatic nitrogens is 3. The first-order valence-electron chi connectivity index (χ1n) is 6.03. The van der Waals surface area contributed by atoms with Crippen molar-refractivity contribution >= 4 is 21.9 Å². The van der Waals surface area contributed by atoms with Crippen LogP contribution in [0.4, 0.5) is 5.95 Å². The lowest BCUT2D eigenvalue weighted by atomic mass is 10.1. The second kappa shape index (κ2) is 5.65. The summed E-state index contributed by atoms with van der Waals surface area (Å²) in [5.74, 6) is -1.20. The molecule has 0 spiro atoms. The van der Waals surface area contributed by atoms with Gasteiger partial charge < -0.3 is 9.47 Å². The van der Waals surface area contributed by atoms with Crippen molar-refractivity contribution in [1.82, 2.24) is 15.2 Å². The highest BCUT2D eigenvalue weighted by Crippen LogP contribution is 2.32. The third-order valence-corrected chi connectivity index (χ3v) is 5.08. The van der Waals surface area contributed by atoms with Crippen molar-refractivity contribution in [2.24, 2.45) is 5.92 Å². The van der Waals surface area contributed by atoms with Crippen molar-refractivity contribution in [3.8, 4) is 6.01 Å². The van der Waals surface area contributed by atoms with Crippen molar-refractivity contribution in [3.05, 3.63) is 0 Å². The number of ether oxygens (including phenoxy) is 2. The zero-order valence-electron chi connectivity index (χ0n) is 11.1. The molecular formula is C10H16N4O5S. The quantitative estimate of drug-likeness (QED) is 0.728. The van der Waals surface area contributed by atoms with Crippen LogP contribution >= 0.6 is 0 Å². The highest BCUT2D eigenvalue weighted by Gasteiger charge is 2.42. The van der Waals surface area contributed by atoms with E-state index in [4.69, 9.17) is 4.74 Å². The predicted molar refractivity (Wildman–Crippen MR) is 68.6 cm³/mol. The van der Waals surface area contributed by atoms with Crippen molar-refractivity contribution < 1.29 is 22.7 Å². The van der Waals surface area contributed by atoms with Gasteiger partial charge in [-0.3, -0.25) is 9.52 Å². The highest BCUT2D eigenvalue weighted by atomic mass is 32.2. The Bertz CT molecular complexity index is 584. The Morgan fingerprint density at radius 1 is 1.40 bits per heavy atom. The van der Waals surface area contributed by atoms with Crippen molar-refractivity contribution in [2.45, 2.75) is 24.5 Å². The summed E-state index contributed by atoms with van der Waals surface area (Å²) in [5.41, 5.74) is 0. The maximum absolute atomic E-state index is 12.3. The molecule has 0 bridgehead atoms. The van der Waals surface area contributed by atoms with Crippen LogP contribution in [-0.4, -0.2) is 49.0 Å². The molecule has 0 amide bonds. The molecule has 9 nitrogen and oxygen atoms in total. The fourth-order valence-electron chi connectivity index (χ4n) is 2.31. The van der Waals surface area contributed by atoms with E-state index in [0.29, 0.717) is 19.3 Å². The number of aromatic amines is 1. The van der Waals surface area contributed by atoms with Crippen LogP contribution in [0.1, 0.15) is 19.3 Å². The molecule has 10 heteroatoms. The van der Waals surface area contributed by atoms with E-state index in [1.807, 2.05) is 0 Å². The fourth-order valence-corrected chi connectivity index (χ4v) is 3.98. The maximum atomic E-state index is 12.3. The smallest absolute Gasteiger partial charge is 0.336 e. The van der Waals surface area contributed by atoms with Crippen molar-refractivity contribution in [1.29, 1.82) is 0 Å². The Kier molecular flexibility index (Phi) is 4.12. The molecule has 1 fully saturated rings. The Morgan fingerprint density at radius 2 is 2.15 bits per heavy atom.